The molecule has 3 aliphatic carbocycles. The Labute approximate surface area is 156 Å². The second-order valence-electron chi connectivity index (χ2n) is 9.68. The number of carbonyl (C=O) groups excluding carboxylic acids is 1. The van der Waals surface area contributed by atoms with Crippen molar-refractivity contribution in [2.75, 3.05) is 0 Å². The minimum absolute atomic E-state index is 0.101. The van der Waals surface area contributed by atoms with E-state index in [2.05, 4.69) is 48.6 Å². The molecule has 0 spiro atoms. The van der Waals surface area contributed by atoms with E-state index in [1.165, 1.54) is 37.7 Å². The fourth-order valence-electron chi connectivity index (χ4n) is 7.46. The van der Waals surface area contributed by atoms with Crippen molar-refractivity contribution in [3.05, 3.63) is 42.2 Å². The number of carbonyl (C=O) groups is 1. The molecule has 5 rings (SSSR count). The summed E-state index contributed by atoms with van der Waals surface area (Å²) in [7, 11) is 0. The van der Waals surface area contributed by atoms with E-state index in [0.29, 0.717) is 23.3 Å². The monoisotopic (exact) mass is 350 g/mol. The quantitative estimate of drug-likeness (QED) is 0.812. The van der Waals surface area contributed by atoms with Gasteiger partial charge in [-0.05, 0) is 85.3 Å². The predicted molar refractivity (Wildman–Crippen MR) is 102 cm³/mol. The first kappa shape index (κ1) is 16.5. The lowest BCUT2D eigenvalue weighted by molar-refractivity contribution is -0.122. The number of aromatic nitrogens is 1. The predicted octanol–water partition coefficient (Wildman–Crippen LogP) is 4.46. The number of nitrogens with zero attached hydrogens (tertiary/aromatic N) is 1. The summed E-state index contributed by atoms with van der Waals surface area (Å²) in [5, 5.41) is 3.26. The molecule has 0 aromatic carbocycles. The van der Waals surface area contributed by atoms with Crippen LogP contribution >= 0.6 is 0 Å². The van der Waals surface area contributed by atoms with Gasteiger partial charge in [-0.15, -0.1) is 0 Å². The Kier molecular flexibility index (Phi) is 3.61. The Balaban J connectivity index is 1.47. The van der Waals surface area contributed by atoms with Crippen LogP contribution in [0.4, 0.5) is 0 Å². The minimum Gasteiger partial charge on any atom is -0.349 e. The van der Waals surface area contributed by atoms with Gasteiger partial charge in [0.1, 0.15) is 0 Å². The number of nitrogens with one attached hydrogen (secondary N) is 1. The summed E-state index contributed by atoms with van der Waals surface area (Å²) < 4.78 is 0. The SMILES string of the molecule is C[C@]12C=CC(=O)NC1CC[C@@H]1[C@H]2CC[C@]2(C)C(c3cccnc3)CC[C@@H]12. The van der Waals surface area contributed by atoms with E-state index in [1.54, 1.807) is 6.08 Å². The Morgan fingerprint density at radius 2 is 2.00 bits per heavy atom. The molecule has 1 aliphatic heterocycles. The largest absolute Gasteiger partial charge is 0.349 e. The molecule has 3 fully saturated rings. The van der Waals surface area contributed by atoms with E-state index in [4.69, 9.17) is 0 Å². The van der Waals surface area contributed by atoms with Crippen molar-refractivity contribution in [3.8, 4) is 0 Å². The summed E-state index contributed by atoms with van der Waals surface area (Å²) in [4.78, 5) is 16.3. The van der Waals surface area contributed by atoms with Crippen LogP contribution in [0.1, 0.15) is 63.9 Å². The molecule has 0 bridgehead atoms. The molecule has 1 amide bonds. The number of amides is 1. The molecule has 2 heterocycles. The van der Waals surface area contributed by atoms with Gasteiger partial charge < -0.3 is 5.32 Å². The van der Waals surface area contributed by atoms with Crippen LogP contribution in [0.25, 0.3) is 0 Å². The van der Waals surface area contributed by atoms with Gasteiger partial charge in [0, 0.05) is 23.9 Å². The van der Waals surface area contributed by atoms with Crippen molar-refractivity contribution in [3.63, 3.8) is 0 Å². The molecule has 7 atom stereocenters. The average molecular weight is 351 g/mol. The molecule has 3 saturated carbocycles. The number of fused-ring (bicyclic) bond motifs is 5. The molecular formula is C23H30N2O. The second-order valence-corrected chi connectivity index (χ2v) is 9.68. The number of pyridine rings is 1. The van der Waals surface area contributed by atoms with Crippen LogP contribution in [0.3, 0.4) is 0 Å². The molecule has 0 radical (unpaired) electrons. The zero-order chi connectivity index (χ0) is 17.9. The molecule has 4 aliphatic rings. The van der Waals surface area contributed by atoms with Crippen molar-refractivity contribution in [1.82, 2.24) is 10.3 Å². The molecule has 26 heavy (non-hydrogen) atoms. The van der Waals surface area contributed by atoms with Crippen molar-refractivity contribution in [2.45, 2.75) is 64.3 Å². The van der Waals surface area contributed by atoms with E-state index in [-0.39, 0.29) is 11.3 Å². The van der Waals surface area contributed by atoms with Crippen molar-refractivity contribution < 1.29 is 4.79 Å². The van der Waals surface area contributed by atoms with Gasteiger partial charge in [-0.3, -0.25) is 9.78 Å². The summed E-state index contributed by atoms with van der Waals surface area (Å²) in [6.45, 7) is 4.96. The molecule has 1 aromatic rings. The van der Waals surface area contributed by atoms with Gasteiger partial charge in [0.05, 0.1) is 0 Å². The van der Waals surface area contributed by atoms with E-state index in [9.17, 15) is 4.79 Å². The van der Waals surface area contributed by atoms with E-state index >= 15 is 0 Å². The molecule has 1 N–H and O–H groups in total. The van der Waals surface area contributed by atoms with Gasteiger partial charge >= 0.3 is 0 Å². The zero-order valence-electron chi connectivity index (χ0n) is 15.9. The maximum absolute atomic E-state index is 11.8. The molecule has 1 aromatic heterocycles. The summed E-state index contributed by atoms with van der Waals surface area (Å²) in [6.07, 6.45) is 15.7. The lowest BCUT2D eigenvalue weighted by Gasteiger charge is -2.59. The van der Waals surface area contributed by atoms with Crippen LogP contribution in [-0.4, -0.2) is 16.9 Å². The lowest BCUT2D eigenvalue weighted by Crippen LogP contribution is -2.59. The summed E-state index contributed by atoms with van der Waals surface area (Å²) in [6, 6.07) is 4.72. The average Bonchev–Trinajstić information content (AvgIpc) is 3.00. The highest BCUT2D eigenvalue weighted by Gasteiger charge is 2.59. The number of rotatable bonds is 1. The van der Waals surface area contributed by atoms with E-state index in [0.717, 1.165) is 18.3 Å². The second kappa shape index (κ2) is 5.68. The highest BCUT2D eigenvalue weighted by molar-refractivity contribution is 5.89. The molecule has 138 valence electrons. The summed E-state index contributed by atoms with van der Waals surface area (Å²) >= 11 is 0. The van der Waals surface area contributed by atoms with Gasteiger partial charge in [-0.25, -0.2) is 0 Å². The van der Waals surface area contributed by atoms with Crippen LogP contribution in [0, 0.1) is 28.6 Å². The van der Waals surface area contributed by atoms with Crippen molar-refractivity contribution in [2.24, 2.45) is 28.6 Å². The number of hydrogen-bond donors (Lipinski definition) is 1. The van der Waals surface area contributed by atoms with Gasteiger partial charge in [-0.1, -0.05) is 26.0 Å². The molecule has 2 unspecified atom stereocenters. The minimum atomic E-state index is 0.101. The van der Waals surface area contributed by atoms with Crippen LogP contribution in [0.15, 0.2) is 36.7 Å². The third-order valence-corrected chi connectivity index (χ3v) is 8.77. The number of hydrogen-bond acceptors (Lipinski definition) is 2. The summed E-state index contributed by atoms with van der Waals surface area (Å²) in [5.41, 5.74) is 2.00. The third-order valence-electron chi connectivity index (χ3n) is 8.77. The Morgan fingerprint density at radius 1 is 1.12 bits per heavy atom. The van der Waals surface area contributed by atoms with Crippen LogP contribution in [0.5, 0.6) is 0 Å². The smallest absolute Gasteiger partial charge is 0.243 e. The van der Waals surface area contributed by atoms with Crippen LogP contribution in [-0.2, 0) is 4.79 Å². The molecule has 3 nitrogen and oxygen atoms in total. The van der Waals surface area contributed by atoms with Gasteiger partial charge in [-0.2, -0.15) is 0 Å². The fourth-order valence-corrected chi connectivity index (χ4v) is 7.46. The Bertz CT molecular complexity index is 744. The van der Waals surface area contributed by atoms with E-state index in [1.807, 2.05) is 6.20 Å². The molecule has 3 heteroatoms. The first-order valence-corrected chi connectivity index (χ1v) is 10.4. The Morgan fingerprint density at radius 3 is 2.81 bits per heavy atom. The third kappa shape index (κ3) is 2.18. The standard InChI is InChI=1S/C23H30N2O/c1-22-11-9-19-16(5-8-20-23(19,2)12-10-21(26)25-20)18(22)7-6-17(22)15-4-3-13-24-14-15/h3-4,10,12-14,16-20H,5-9,11H2,1-2H3,(H,25,26)/t16-,17?,18-,19+,20?,22+,23+/m0/s1. The molecule has 0 saturated heterocycles. The highest BCUT2D eigenvalue weighted by Crippen LogP contribution is 2.66. The lowest BCUT2D eigenvalue weighted by atomic mass is 9.47. The van der Waals surface area contributed by atoms with Crippen molar-refractivity contribution >= 4 is 5.91 Å². The maximum Gasteiger partial charge on any atom is 0.243 e. The topological polar surface area (TPSA) is 42.0 Å². The van der Waals surface area contributed by atoms with E-state index < -0.39 is 0 Å². The Hall–Kier alpha value is -1.64. The van der Waals surface area contributed by atoms with Gasteiger partial charge in [0.2, 0.25) is 5.91 Å². The highest BCUT2D eigenvalue weighted by atomic mass is 16.1. The zero-order valence-corrected chi connectivity index (χ0v) is 15.9. The normalized spacial score (nSPS) is 46.8. The summed E-state index contributed by atoms with van der Waals surface area (Å²) in [5.74, 6) is 3.09. The van der Waals surface area contributed by atoms with Crippen molar-refractivity contribution in [1.29, 1.82) is 0 Å². The fraction of sp³-hybridized carbons (Fsp3) is 0.652. The maximum atomic E-state index is 11.8. The first-order valence-electron chi connectivity index (χ1n) is 10.4. The van der Waals surface area contributed by atoms with Crippen LogP contribution < -0.4 is 5.32 Å². The first-order chi connectivity index (χ1) is 12.5. The van der Waals surface area contributed by atoms with Gasteiger partial charge in [0.25, 0.3) is 0 Å². The van der Waals surface area contributed by atoms with Crippen LogP contribution in [0.2, 0.25) is 0 Å². The molecular weight excluding hydrogens is 320 g/mol. The van der Waals surface area contributed by atoms with Gasteiger partial charge in [0.15, 0.2) is 0 Å².